The molecular formula is C22H34O5. The van der Waals surface area contributed by atoms with E-state index in [0.717, 1.165) is 6.42 Å². The Kier molecular flexibility index (Phi) is 7.43. The van der Waals surface area contributed by atoms with Crippen LogP contribution in [0.25, 0.3) is 0 Å². The lowest BCUT2D eigenvalue weighted by atomic mass is 9.76. The first-order chi connectivity index (χ1) is 12.8. The Morgan fingerprint density at radius 2 is 2.00 bits per heavy atom. The van der Waals surface area contributed by atoms with Crippen molar-refractivity contribution < 1.29 is 24.1 Å². The van der Waals surface area contributed by atoms with Gasteiger partial charge in [0.1, 0.15) is 0 Å². The molecule has 0 saturated carbocycles. The summed E-state index contributed by atoms with van der Waals surface area (Å²) < 4.78 is 17.4. The van der Waals surface area contributed by atoms with Crippen LogP contribution in [0.4, 0.5) is 0 Å². The number of allylic oxidation sites excluding steroid dienone is 2. The smallest absolute Gasteiger partial charge is 0.330 e. The average molecular weight is 379 g/mol. The van der Waals surface area contributed by atoms with Crippen molar-refractivity contribution >= 4 is 5.97 Å². The number of hydrogen-bond acceptors (Lipinski definition) is 5. The average Bonchev–Trinajstić information content (AvgIpc) is 2.66. The first-order valence-electron chi connectivity index (χ1n) is 9.91. The van der Waals surface area contributed by atoms with Crippen molar-refractivity contribution in [3.63, 3.8) is 0 Å². The quantitative estimate of drug-likeness (QED) is 0.342. The highest BCUT2D eigenvalue weighted by Crippen LogP contribution is 2.45. The van der Waals surface area contributed by atoms with Crippen molar-refractivity contribution in [2.45, 2.75) is 65.1 Å². The van der Waals surface area contributed by atoms with Gasteiger partial charge < -0.3 is 19.3 Å². The third-order valence-electron chi connectivity index (χ3n) is 6.02. The molecule has 5 nitrogen and oxygen atoms in total. The van der Waals surface area contributed by atoms with Crippen LogP contribution < -0.4 is 0 Å². The van der Waals surface area contributed by atoms with E-state index in [1.807, 2.05) is 39.0 Å². The van der Waals surface area contributed by atoms with Crippen LogP contribution in [-0.2, 0) is 19.0 Å². The van der Waals surface area contributed by atoms with Crippen molar-refractivity contribution in [3.05, 3.63) is 36.5 Å². The maximum atomic E-state index is 11.1. The van der Waals surface area contributed by atoms with E-state index in [2.05, 4.69) is 24.7 Å². The van der Waals surface area contributed by atoms with Crippen molar-refractivity contribution in [2.24, 2.45) is 23.7 Å². The van der Waals surface area contributed by atoms with E-state index in [1.165, 1.54) is 13.2 Å². The van der Waals surface area contributed by atoms with Crippen molar-refractivity contribution in [1.29, 1.82) is 0 Å². The molecule has 0 aromatic carbocycles. The van der Waals surface area contributed by atoms with Gasteiger partial charge in [-0.15, -0.1) is 0 Å². The first kappa shape index (κ1) is 21.9. The van der Waals surface area contributed by atoms with E-state index in [1.54, 1.807) is 6.08 Å². The van der Waals surface area contributed by atoms with E-state index < -0.39 is 17.9 Å². The Hall–Kier alpha value is -1.43. The standard InChI is InChI=1S/C22H34O5/c1-7-18-12-13-22(26-17(18)5)16(4)20(24)15(3)21(27-22)14(2)10-8-9-11-19(23)25-6/h8-18,20-21,24H,7H2,1-6H3/b10-8+,11-9+/t14-,15-,16-,17+,18-,20+,21-,22-/m0/s1. The van der Waals surface area contributed by atoms with E-state index in [0.29, 0.717) is 5.92 Å². The predicted octanol–water partition coefficient (Wildman–Crippen LogP) is 3.64. The van der Waals surface area contributed by atoms with Gasteiger partial charge in [-0.3, -0.25) is 0 Å². The summed E-state index contributed by atoms with van der Waals surface area (Å²) in [6.07, 6.45) is 11.3. The highest BCUT2D eigenvalue weighted by Gasteiger charge is 2.53. The lowest BCUT2D eigenvalue weighted by Crippen LogP contribution is -2.60. The second-order valence-corrected chi connectivity index (χ2v) is 7.82. The van der Waals surface area contributed by atoms with E-state index in [-0.39, 0.29) is 30.0 Å². The molecule has 1 saturated heterocycles. The van der Waals surface area contributed by atoms with Crippen LogP contribution in [0.3, 0.4) is 0 Å². The fourth-order valence-corrected chi connectivity index (χ4v) is 4.08. The third-order valence-corrected chi connectivity index (χ3v) is 6.02. The van der Waals surface area contributed by atoms with E-state index >= 15 is 0 Å². The number of carbonyl (C=O) groups excluding carboxylic acids is 1. The fourth-order valence-electron chi connectivity index (χ4n) is 4.08. The zero-order valence-electron chi connectivity index (χ0n) is 17.3. The second-order valence-electron chi connectivity index (χ2n) is 7.82. The van der Waals surface area contributed by atoms with Crippen LogP contribution in [0.1, 0.15) is 41.0 Å². The molecule has 0 aromatic heterocycles. The van der Waals surface area contributed by atoms with Crippen LogP contribution in [-0.4, -0.2) is 42.3 Å². The van der Waals surface area contributed by atoms with E-state index in [9.17, 15) is 9.90 Å². The Morgan fingerprint density at radius 1 is 1.30 bits per heavy atom. The van der Waals surface area contributed by atoms with Gasteiger partial charge in [0.15, 0.2) is 5.79 Å². The summed E-state index contributed by atoms with van der Waals surface area (Å²) in [6.45, 7) is 10.3. The lowest BCUT2D eigenvalue weighted by molar-refractivity contribution is -0.334. The normalized spacial score (nSPS) is 40.7. The lowest BCUT2D eigenvalue weighted by Gasteiger charge is -2.53. The Balaban J connectivity index is 2.18. The number of rotatable bonds is 5. The largest absolute Gasteiger partial charge is 0.466 e. The zero-order valence-corrected chi connectivity index (χ0v) is 17.3. The Bertz CT molecular complexity index is 596. The molecular weight excluding hydrogens is 344 g/mol. The summed E-state index contributed by atoms with van der Waals surface area (Å²) in [5, 5.41) is 10.9. The second kappa shape index (κ2) is 9.18. The van der Waals surface area contributed by atoms with Gasteiger partial charge in [0.25, 0.3) is 0 Å². The summed E-state index contributed by atoms with van der Waals surface area (Å²) >= 11 is 0. The van der Waals surface area contributed by atoms with Gasteiger partial charge in [-0.1, -0.05) is 52.0 Å². The van der Waals surface area contributed by atoms with Crippen molar-refractivity contribution in [3.8, 4) is 0 Å². The molecule has 2 aliphatic rings. The van der Waals surface area contributed by atoms with Gasteiger partial charge in [0.05, 0.1) is 25.4 Å². The highest BCUT2D eigenvalue weighted by molar-refractivity contribution is 5.82. The van der Waals surface area contributed by atoms with E-state index in [4.69, 9.17) is 9.47 Å². The van der Waals surface area contributed by atoms with Crippen LogP contribution in [0.15, 0.2) is 36.5 Å². The van der Waals surface area contributed by atoms with Gasteiger partial charge >= 0.3 is 5.97 Å². The maximum Gasteiger partial charge on any atom is 0.330 e. The topological polar surface area (TPSA) is 65.0 Å². The van der Waals surface area contributed by atoms with Crippen LogP contribution in [0.5, 0.6) is 0 Å². The van der Waals surface area contributed by atoms with Gasteiger partial charge in [0.2, 0.25) is 0 Å². The minimum atomic E-state index is -0.897. The summed E-state index contributed by atoms with van der Waals surface area (Å²) in [6, 6.07) is 0. The zero-order chi connectivity index (χ0) is 20.2. The number of aliphatic hydroxyl groups is 1. The molecule has 1 fully saturated rings. The van der Waals surface area contributed by atoms with Crippen LogP contribution in [0, 0.1) is 23.7 Å². The number of ether oxygens (including phenoxy) is 3. The van der Waals surface area contributed by atoms with Crippen LogP contribution in [0.2, 0.25) is 0 Å². The van der Waals surface area contributed by atoms with Crippen molar-refractivity contribution in [1.82, 2.24) is 0 Å². The first-order valence-corrected chi connectivity index (χ1v) is 9.91. The molecule has 2 heterocycles. The minimum absolute atomic E-state index is 0.0360. The molecule has 1 N–H and O–H groups in total. The van der Waals surface area contributed by atoms with Gasteiger partial charge in [-0.2, -0.15) is 0 Å². The molecule has 27 heavy (non-hydrogen) atoms. The summed E-state index contributed by atoms with van der Waals surface area (Å²) in [7, 11) is 1.35. The molecule has 0 bridgehead atoms. The molecule has 0 aliphatic carbocycles. The number of esters is 1. The summed E-state index contributed by atoms with van der Waals surface area (Å²) in [5.74, 6) is -1.08. The molecule has 8 atom stereocenters. The van der Waals surface area contributed by atoms with Crippen molar-refractivity contribution in [2.75, 3.05) is 7.11 Å². The SMILES string of the molecule is CC[C@H]1C=C[C@@]2(O[C@@H]([C@@H](C)/C=C/C=C/C(=O)OC)[C@@H](C)[C@@H](O)[C@@H]2C)O[C@@H]1C. The van der Waals surface area contributed by atoms with Gasteiger partial charge in [-0.05, 0) is 19.4 Å². The molecule has 1 spiro atoms. The fraction of sp³-hybridized carbons (Fsp3) is 0.682. The Morgan fingerprint density at radius 3 is 2.59 bits per heavy atom. The molecule has 2 rings (SSSR count). The minimum Gasteiger partial charge on any atom is -0.466 e. The Labute approximate surface area is 163 Å². The number of aliphatic hydroxyl groups excluding tert-OH is 1. The molecule has 0 unspecified atom stereocenters. The number of hydrogen-bond donors (Lipinski definition) is 1. The molecule has 2 aliphatic heterocycles. The molecule has 152 valence electrons. The number of methoxy groups -OCH3 is 1. The van der Waals surface area contributed by atoms with Gasteiger partial charge in [-0.25, -0.2) is 4.79 Å². The summed E-state index contributed by atoms with van der Waals surface area (Å²) in [4.78, 5) is 11.1. The van der Waals surface area contributed by atoms with Gasteiger partial charge in [0, 0.05) is 29.7 Å². The molecule has 5 heteroatoms. The molecule has 0 amide bonds. The highest BCUT2D eigenvalue weighted by atomic mass is 16.7. The molecule has 0 aromatic rings. The van der Waals surface area contributed by atoms with Crippen LogP contribution >= 0.6 is 0 Å². The third kappa shape index (κ3) is 4.71. The summed E-state index contributed by atoms with van der Waals surface area (Å²) in [5.41, 5.74) is 0. The molecule has 0 radical (unpaired) electrons. The monoisotopic (exact) mass is 378 g/mol. The maximum absolute atomic E-state index is 11.1. The predicted molar refractivity (Wildman–Crippen MR) is 105 cm³/mol. The number of carbonyl (C=O) groups is 1.